The number of carbonyl (C=O) groups excluding carboxylic acids is 1. The monoisotopic (exact) mass is 279 g/mol. The largest absolute Gasteiger partial charge is 0.482 e. The van der Waals surface area contributed by atoms with Crippen LogP contribution in [0.5, 0.6) is 5.75 Å². The number of ether oxygens (including phenoxy) is 1. The highest BCUT2D eigenvalue weighted by Crippen LogP contribution is 2.36. The van der Waals surface area contributed by atoms with Crippen LogP contribution in [0.15, 0.2) is 12.1 Å². The zero-order valence-corrected chi connectivity index (χ0v) is 11.4. The lowest BCUT2D eigenvalue weighted by molar-refractivity contribution is -0.386. The summed E-state index contributed by atoms with van der Waals surface area (Å²) in [5, 5.41) is 16.7. The lowest BCUT2D eigenvalue weighted by Crippen LogP contribution is -2.26. The second-order valence-corrected chi connectivity index (χ2v) is 4.77. The maximum atomic E-state index is 11.3. The van der Waals surface area contributed by atoms with Gasteiger partial charge in [-0.15, -0.1) is 0 Å². The SMILES string of the molecule is CNCC(C)Oc1cc2c(cc1[N+](=O)[O-])NC(=O)CC2. The third-order valence-corrected chi connectivity index (χ3v) is 3.10. The van der Waals surface area contributed by atoms with E-state index in [9.17, 15) is 14.9 Å². The molecular formula is C13H17N3O4. The first-order valence-corrected chi connectivity index (χ1v) is 6.43. The average Bonchev–Trinajstić information content (AvgIpc) is 2.38. The highest BCUT2D eigenvalue weighted by Gasteiger charge is 2.24. The fourth-order valence-corrected chi connectivity index (χ4v) is 2.18. The molecule has 1 atom stereocenters. The second kappa shape index (κ2) is 5.87. The van der Waals surface area contributed by atoms with Crippen molar-refractivity contribution in [1.82, 2.24) is 5.32 Å². The van der Waals surface area contributed by atoms with Crippen LogP contribution in [-0.4, -0.2) is 30.5 Å². The van der Waals surface area contributed by atoms with Gasteiger partial charge in [-0.3, -0.25) is 14.9 Å². The molecule has 1 heterocycles. The van der Waals surface area contributed by atoms with E-state index < -0.39 is 4.92 Å². The molecule has 0 fully saturated rings. The van der Waals surface area contributed by atoms with Crippen LogP contribution in [0.2, 0.25) is 0 Å². The molecule has 1 aromatic rings. The first-order valence-electron chi connectivity index (χ1n) is 6.43. The molecule has 1 amide bonds. The van der Waals surface area contributed by atoms with Gasteiger partial charge in [-0.1, -0.05) is 0 Å². The van der Waals surface area contributed by atoms with E-state index in [1.807, 2.05) is 6.92 Å². The Labute approximate surface area is 116 Å². The average molecular weight is 279 g/mol. The van der Waals surface area contributed by atoms with Gasteiger partial charge in [-0.2, -0.15) is 0 Å². The Hall–Kier alpha value is -2.15. The van der Waals surface area contributed by atoms with E-state index in [0.717, 1.165) is 5.56 Å². The first kappa shape index (κ1) is 14.3. The summed E-state index contributed by atoms with van der Waals surface area (Å²) >= 11 is 0. The zero-order chi connectivity index (χ0) is 14.7. The number of carbonyl (C=O) groups is 1. The summed E-state index contributed by atoms with van der Waals surface area (Å²) in [7, 11) is 1.79. The number of nitrogens with zero attached hydrogens (tertiary/aromatic N) is 1. The predicted octanol–water partition coefficient (Wildman–Crippen LogP) is 1.47. The summed E-state index contributed by atoms with van der Waals surface area (Å²) in [6, 6.07) is 3.02. The number of anilines is 1. The van der Waals surface area contributed by atoms with E-state index in [0.29, 0.717) is 25.1 Å². The van der Waals surface area contributed by atoms with E-state index in [1.54, 1.807) is 13.1 Å². The summed E-state index contributed by atoms with van der Waals surface area (Å²) < 4.78 is 5.62. The van der Waals surface area contributed by atoms with Crippen LogP contribution in [0.3, 0.4) is 0 Å². The normalized spacial score (nSPS) is 15.2. The molecule has 0 spiro atoms. The van der Waals surface area contributed by atoms with Crippen LogP contribution in [0.25, 0.3) is 0 Å². The molecule has 0 bridgehead atoms. The molecule has 108 valence electrons. The lowest BCUT2D eigenvalue weighted by atomic mass is 10.0. The van der Waals surface area contributed by atoms with Crippen LogP contribution < -0.4 is 15.4 Å². The van der Waals surface area contributed by atoms with E-state index in [2.05, 4.69) is 10.6 Å². The predicted molar refractivity (Wildman–Crippen MR) is 74.1 cm³/mol. The molecule has 2 rings (SSSR count). The van der Waals surface area contributed by atoms with Gasteiger partial charge in [-0.05, 0) is 32.0 Å². The molecule has 0 aliphatic carbocycles. The van der Waals surface area contributed by atoms with Gasteiger partial charge in [0.25, 0.3) is 0 Å². The molecule has 1 aromatic carbocycles. The van der Waals surface area contributed by atoms with Gasteiger partial charge in [0, 0.05) is 19.0 Å². The minimum absolute atomic E-state index is 0.121. The summed E-state index contributed by atoms with van der Waals surface area (Å²) in [5.74, 6) is 0.122. The Morgan fingerprint density at radius 3 is 2.90 bits per heavy atom. The molecule has 0 saturated carbocycles. The second-order valence-electron chi connectivity index (χ2n) is 4.77. The Kier molecular flexibility index (Phi) is 4.19. The molecule has 0 aromatic heterocycles. The molecule has 2 N–H and O–H groups in total. The first-order chi connectivity index (χ1) is 9.51. The standard InChI is InChI=1S/C13H17N3O4/c1-8(7-14-2)20-12-5-9-3-4-13(17)15-10(9)6-11(12)16(18)19/h5-6,8,14H,3-4,7H2,1-2H3,(H,15,17). The summed E-state index contributed by atoms with van der Waals surface area (Å²) in [4.78, 5) is 22.0. The Morgan fingerprint density at radius 2 is 2.25 bits per heavy atom. The maximum Gasteiger partial charge on any atom is 0.313 e. The number of likely N-dealkylation sites (N-methyl/N-ethyl adjacent to an activating group) is 1. The van der Waals surface area contributed by atoms with E-state index in [1.165, 1.54) is 6.07 Å². The van der Waals surface area contributed by atoms with Gasteiger partial charge >= 0.3 is 5.69 Å². The number of nitro benzene ring substituents is 1. The molecule has 7 heteroatoms. The molecule has 0 saturated heterocycles. The molecular weight excluding hydrogens is 262 g/mol. The fourth-order valence-electron chi connectivity index (χ4n) is 2.18. The van der Waals surface area contributed by atoms with Gasteiger partial charge < -0.3 is 15.4 Å². The highest BCUT2D eigenvalue weighted by molar-refractivity contribution is 5.94. The maximum absolute atomic E-state index is 11.3. The van der Waals surface area contributed by atoms with Gasteiger partial charge in [0.15, 0.2) is 5.75 Å². The minimum atomic E-state index is -0.498. The molecule has 20 heavy (non-hydrogen) atoms. The van der Waals surface area contributed by atoms with E-state index in [-0.39, 0.29) is 23.4 Å². The minimum Gasteiger partial charge on any atom is -0.482 e. The van der Waals surface area contributed by atoms with Crippen LogP contribution in [0.1, 0.15) is 18.9 Å². The quantitative estimate of drug-likeness (QED) is 0.628. The number of hydrogen-bond donors (Lipinski definition) is 2. The smallest absolute Gasteiger partial charge is 0.313 e. The van der Waals surface area contributed by atoms with Crippen LogP contribution in [0, 0.1) is 10.1 Å². The van der Waals surface area contributed by atoms with Crippen molar-refractivity contribution in [2.75, 3.05) is 18.9 Å². The lowest BCUT2D eigenvalue weighted by Gasteiger charge is -2.19. The number of hydrogen-bond acceptors (Lipinski definition) is 5. The van der Waals surface area contributed by atoms with Gasteiger partial charge in [0.2, 0.25) is 5.91 Å². The Balaban J connectivity index is 2.35. The van der Waals surface area contributed by atoms with Gasteiger partial charge in [0.05, 0.1) is 10.6 Å². The van der Waals surface area contributed by atoms with E-state index in [4.69, 9.17) is 4.74 Å². The fraction of sp³-hybridized carbons (Fsp3) is 0.462. The van der Waals surface area contributed by atoms with Crippen molar-refractivity contribution in [3.8, 4) is 5.75 Å². The molecule has 7 nitrogen and oxygen atoms in total. The van der Waals surface area contributed by atoms with E-state index >= 15 is 0 Å². The molecule has 0 radical (unpaired) electrons. The van der Waals surface area contributed by atoms with Crippen molar-refractivity contribution in [2.24, 2.45) is 0 Å². The molecule has 1 aliphatic rings. The number of fused-ring (bicyclic) bond motifs is 1. The Bertz CT molecular complexity index is 545. The number of aryl methyl sites for hydroxylation is 1. The zero-order valence-electron chi connectivity index (χ0n) is 11.4. The van der Waals surface area contributed by atoms with Crippen molar-refractivity contribution < 1.29 is 14.5 Å². The summed E-state index contributed by atoms with van der Waals surface area (Å²) in [5.41, 5.74) is 1.23. The topological polar surface area (TPSA) is 93.5 Å². The van der Waals surface area contributed by atoms with Crippen LogP contribution in [-0.2, 0) is 11.2 Å². The van der Waals surface area contributed by atoms with Gasteiger partial charge in [0.1, 0.15) is 6.10 Å². The summed E-state index contributed by atoms with van der Waals surface area (Å²) in [6.45, 7) is 2.42. The third kappa shape index (κ3) is 3.05. The number of nitro groups is 1. The van der Waals surface area contributed by atoms with Crippen molar-refractivity contribution in [3.63, 3.8) is 0 Å². The number of nitrogens with one attached hydrogen (secondary N) is 2. The molecule has 1 unspecified atom stereocenters. The van der Waals surface area contributed by atoms with Crippen LogP contribution in [0.4, 0.5) is 11.4 Å². The highest BCUT2D eigenvalue weighted by atomic mass is 16.6. The number of amides is 1. The summed E-state index contributed by atoms with van der Waals surface area (Å²) in [6.07, 6.45) is 0.765. The van der Waals surface area contributed by atoms with Crippen molar-refractivity contribution in [2.45, 2.75) is 25.9 Å². The van der Waals surface area contributed by atoms with Crippen LogP contribution >= 0.6 is 0 Å². The Morgan fingerprint density at radius 1 is 1.50 bits per heavy atom. The van der Waals surface area contributed by atoms with Gasteiger partial charge in [-0.25, -0.2) is 0 Å². The molecule has 1 aliphatic heterocycles. The third-order valence-electron chi connectivity index (χ3n) is 3.10. The van der Waals surface area contributed by atoms with Crippen molar-refractivity contribution in [3.05, 3.63) is 27.8 Å². The van der Waals surface area contributed by atoms with Crippen molar-refractivity contribution in [1.29, 1.82) is 0 Å². The number of benzene rings is 1. The van der Waals surface area contributed by atoms with Crippen molar-refractivity contribution >= 4 is 17.3 Å². The number of rotatable bonds is 5.